The van der Waals surface area contributed by atoms with Gasteiger partial charge in [0, 0.05) is 26.1 Å². The number of piperidine rings is 1. The lowest BCUT2D eigenvalue weighted by atomic mass is 9.78. The standard InChI is InChI=1S/C14H28N2O3S/c1-4-7-14(13-17)8-5-9-16(12-14)10-6-11-20(18,19)15(2)3/h4,17H,1,5-13H2,2-3H3. The number of likely N-dealkylation sites (tertiary alicyclic amines) is 1. The molecular weight excluding hydrogens is 276 g/mol. The van der Waals surface area contributed by atoms with Crippen LogP contribution in [0.4, 0.5) is 0 Å². The number of nitrogens with zero attached hydrogens (tertiary/aromatic N) is 2. The van der Waals surface area contributed by atoms with Gasteiger partial charge in [0.05, 0.1) is 12.4 Å². The normalized spacial score (nSPS) is 25.0. The maximum absolute atomic E-state index is 11.7. The maximum atomic E-state index is 11.7. The SMILES string of the molecule is C=CCC1(CO)CCCN(CCCS(=O)(=O)N(C)C)C1. The van der Waals surface area contributed by atoms with E-state index in [1.807, 2.05) is 6.08 Å². The van der Waals surface area contributed by atoms with Crippen LogP contribution in [-0.4, -0.2) is 68.8 Å². The third-order valence-electron chi connectivity index (χ3n) is 4.09. The van der Waals surface area contributed by atoms with Crippen LogP contribution < -0.4 is 0 Å². The highest BCUT2D eigenvalue weighted by Gasteiger charge is 2.33. The summed E-state index contributed by atoms with van der Waals surface area (Å²) in [5.41, 5.74) is -0.0829. The van der Waals surface area contributed by atoms with Crippen molar-refractivity contribution in [3.05, 3.63) is 12.7 Å². The van der Waals surface area contributed by atoms with Gasteiger partial charge in [0.1, 0.15) is 0 Å². The maximum Gasteiger partial charge on any atom is 0.213 e. The first-order chi connectivity index (χ1) is 9.35. The van der Waals surface area contributed by atoms with Gasteiger partial charge in [-0.1, -0.05) is 6.08 Å². The zero-order chi connectivity index (χ0) is 15.2. The van der Waals surface area contributed by atoms with Crippen LogP contribution in [0.1, 0.15) is 25.7 Å². The van der Waals surface area contributed by atoms with E-state index in [-0.39, 0.29) is 17.8 Å². The molecule has 5 nitrogen and oxygen atoms in total. The Bertz CT molecular complexity index is 409. The van der Waals surface area contributed by atoms with E-state index in [2.05, 4.69) is 11.5 Å². The second-order valence-corrected chi connectivity index (χ2v) is 8.28. The molecule has 1 rings (SSSR count). The van der Waals surface area contributed by atoms with Crippen molar-refractivity contribution in [1.29, 1.82) is 0 Å². The third-order valence-corrected chi connectivity index (χ3v) is 6.00. The minimum atomic E-state index is -3.10. The molecule has 0 aliphatic carbocycles. The van der Waals surface area contributed by atoms with Gasteiger partial charge in [-0.15, -0.1) is 6.58 Å². The van der Waals surface area contributed by atoms with Gasteiger partial charge in [0.15, 0.2) is 0 Å². The van der Waals surface area contributed by atoms with E-state index < -0.39 is 10.0 Å². The van der Waals surface area contributed by atoms with Crippen LogP contribution in [0.2, 0.25) is 0 Å². The molecule has 0 amide bonds. The summed E-state index contributed by atoms with van der Waals surface area (Å²) < 4.78 is 24.7. The van der Waals surface area contributed by atoms with Gasteiger partial charge in [0.2, 0.25) is 10.0 Å². The van der Waals surface area contributed by atoms with Crippen molar-refractivity contribution >= 4 is 10.0 Å². The summed E-state index contributed by atoms with van der Waals surface area (Å²) >= 11 is 0. The Morgan fingerprint density at radius 2 is 2.15 bits per heavy atom. The number of aliphatic hydroxyl groups is 1. The van der Waals surface area contributed by atoms with E-state index in [1.165, 1.54) is 4.31 Å². The highest BCUT2D eigenvalue weighted by atomic mass is 32.2. The van der Waals surface area contributed by atoms with Gasteiger partial charge in [0.25, 0.3) is 0 Å². The van der Waals surface area contributed by atoms with E-state index in [1.54, 1.807) is 14.1 Å². The molecule has 0 spiro atoms. The molecule has 118 valence electrons. The Balaban J connectivity index is 2.47. The van der Waals surface area contributed by atoms with E-state index in [9.17, 15) is 13.5 Å². The van der Waals surface area contributed by atoms with Crippen molar-refractivity contribution in [3.63, 3.8) is 0 Å². The largest absolute Gasteiger partial charge is 0.396 e. The lowest BCUT2D eigenvalue weighted by Gasteiger charge is -2.41. The summed E-state index contributed by atoms with van der Waals surface area (Å²) in [5.74, 6) is 0.185. The number of allylic oxidation sites excluding steroid dienone is 1. The lowest BCUT2D eigenvalue weighted by molar-refractivity contribution is 0.0346. The molecule has 0 aromatic heterocycles. The molecule has 1 saturated heterocycles. The Labute approximate surface area is 123 Å². The minimum Gasteiger partial charge on any atom is -0.396 e. The average Bonchev–Trinajstić information content (AvgIpc) is 2.39. The van der Waals surface area contributed by atoms with Gasteiger partial charge in [-0.3, -0.25) is 0 Å². The van der Waals surface area contributed by atoms with Gasteiger partial charge in [-0.05, 0) is 38.8 Å². The number of hydrogen-bond acceptors (Lipinski definition) is 4. The second-order valence-electron chi connectivity index (χ2n) is 5.98. The number of sulfonamides is 1. The Morgan fingerprint density at radius 1 is 1.45 bits per heavy atom. The summed E-state index contributed by atoms with van der Waals surface area (Å²) in [6.07, 6.45) is 5.39. The molecule has 1 N–H and O–H groups in total. The molecule has 1 heterocycles. The zero-order valence-electron chi connectivity index (χ0n) is 12.7. The van der Waals surface area contributed by atoms with Crippen LogP contribution in [0.15, 0.2) is 12.7 Å². The summed E-state index contributed by atoms with van der Waals surface area (Å²) in [5, 5.41) is 9.64. The highest BCUT2D eigenvalue weighted by Crippen LogP contribution is 2.33. The Hall–Kier alpha value is -0.430. The van der Waals surface area contributed by atoms with E-state index in [0.29, 0.717) is 6.42 Å². The van der Waals surface area contributed by atoms with Gasteiger partial charge in [-0.25, -0.2) is 12.7 Å². The van der Waals surface area contributed by atoms with Crippen LogP contribution in [0.3, 0.4) is 0 Å². The van der Waals surface area contributed by atoms with Crippen molar-refractivity contribution in [1.82, 2.24) is 9.21 Å². The number of hydrogen-bond donors (Lipinski definition) is 1. The topological polar surface area (TPSA) is 60.9 Å². The van der Waals surface area contributed by atoms with E-state index in [0.717, 1.165) is 38.9 Å². The van der Waals surface area contributed by atoms with Crippen LogP contribution in [-0.2, 0) is 10.0 Å². The summed E-state index contributed by atoms with van der Waals surface area (Å²) in [6, 6.07) is 0. The molecule has 20 heavy (non-hydrogen) atoms. The third kappa shape index (κ3) is 4.84. The average molecular weight is 304 g/mol. The molecular formula is C14H28N2O3S. The molecule has 1 aliphatic heterocycles. The Morgan fingerprint density at radius 3 is 2.70 bits per heavy atom. The molecule has 6 heteroatoms. The van der Waals surface area contributed by atoms with Crippen molar-refractivity contribution < 1.29 is 13.5 Å². The van der Waals surface area contributed by atoms with Crippen molar-refractivity contribution in [2.75, 3.05) is 46.1 Å². The second kappa shape index (κ2) is 7.54. The fourth-order valence-corrected chi connectivity index (χ4v) is 3.68. The minimum absolute atomic E-state index is 0.0829. The summed E-state index contributed by atoms with van der Waals surface area (Å²) in [4.78, 5) is 2.27. The first-order valence-corrected chi connectivity index (χ1v) is 8.80. The molecule has 0 aromatic rings. The fraction of sp³-hybridized carbons (Fsp3) is 0.857. The first kappa shape index (κ1) is 17.6. The van der Waals surface area contributed by atoms with Gasteiger partial charge < -0.3 is 10.0 Å². The van der Waals surface area contributed by atoms with Gasteiger partial charge >= 0.3 is 0 Å². The number of rotatable bonds is 8. The predicted octanol–water partition coefficient (Wildman–Crippen LogP) is 0.918. The molecule has 0 radical (unpaired) electrons. The van der Waals surface area contributed by atoms with E-state index in [4.69, 9.17) is 0 Å². The zero-order valence-corrected chi connectivity index (χ0v) is 13.5. The Kier molecular flexibility index (Phi) is 6.64. The summed E-state index contributed by atoms with van der Waals surface area (Å²) in [7, 11) is 0.0307. The summed E-state index contributed by atoms with van der Waals surface area (Å²) in [6.45, 7) is 6.53. The van der Waals surface area contributed by atoms with Crippen LogP contribution in [0.25, 0.3) is 0 Å². The predicted molar refractivity (Wildman–Crippen MR) is 82.1 cm³/mol. The molecule has 1 fully saturated rings. The quantitative estimate of drug-likeness (QED) is 0.677. The molecule has 0 saturated carbocycles. The molecule has 1 aliphatic rings. The van der Waals surface area contributed by atoms with Crippen LogP contribution >= 0.6 is 0 Å². The van der Waals surface area contributed by atoms with Crippen molar-refractivity contribution in [2.45, 2.75) is 25.7 Å². The van der Waals surface area contributed by atoms with Crippen LogP contribution in [0.5, 0.6) is 0 Å². The number of aliphatic hydroxyl groups excluding tert-OH is 1. The van der Waals surface area contributed by atoms with Gasteiger partial charge in [-0.2, -0.15) is 0 Å². The molecule has 0 aromatic carbocycles. The molecule has 1 unspecified atom stereocenters. The lowest BCUT2D eigenvalue weighted by Crippen LogP contribution is -2.45. The van der Waals surface area contributed by atoms with Crippen LogP contribution in [0, 0.1) is 5.41 Å². The molecule has 1 atom stereocenters. The van der Waals surface area contributed by atoms with Crippen molar-refractivity contribution in [2.24, 2.45) is 5.41 Å². The highest BCUT2D eigenvalue weighted by molar-refractivity contribution is 7.89. The first-order valence-electron chi connectivity index (χ1n) is 7.19. The molecule has 0 bridgehead atoms. The monoisotopic (exact) mass is 304 g/mol. The fourth-order valence-electron chi connectivity index (χ4n) is 2.82. The smallest absolute Gasteiger partial charge is 0.213 e. The van der Waals surface area contributed by atoms with E-state index >= 15 is 0 Å². The van der Waals surface area contributed by atoms with Crippen molar-refractivity contribution in [3.8, 4) is 0 Å².